The van der Waals surface area contributed by atoms with Gasteiger partial charge in [-0.3, -0.25) is 4.79 Å². The van der Waals surface area contributed by atoms with Gasteiger partial charge in [0, 0.05) is 0 Å². The minimum Gasteiger partial charge on any atom is -0.333 e. The number of carbonyl (C=O) groups excluding carboxylic acids is 1. The number of thiol groups is 1. The zero-order valence-electron chi connectivity index (χ0n) is 5.88. The maximum Gasteiger partial charge on any atom is 0.173 e. The summed E-state index contributed by atoms with van der Waals surface area (Å²) in [5.41, 5.74) is 0.444. The third kappa shape index (κ3) is 371000. The Balaban J connectivity index is 0. The van der Waals surface area contributed by atoms with Crippen LogP contribution >= 0.6 is 12.6 Å². The summed E-state index contributed by atoms with van der Waals surface area (Å²) in [4.78, 5) is 8.67. The summed E-state index contributed by atoms with van der Waals surface area (Å²) in [5.74, 6) is 0. The lowest BCUT2D eigenvalue weighted by Gasteiger charge is -2.14. The molecule has 0 aromatic rings. The van der Waals surface area contributed by atoms with Crippen LogP contribution in [0.5, 0.6) is 0 Å². The normalized spacial score (nSPS) is 9.12. The van der Waals surface area contributed by atoms with Gasteiger partial charge in [-0.25, -0.2) is 0 Å². The molecular weight excluding hydrogens is 122 g/mol. The highest BCUT2D eigenvalue weighted by atomic mass is 32.1. The molecule has 0 N–H and O–H groups in total. The van der Waals surface area contributed by atoms with Crippen LogP contribution in [-0.2, 0) is 4.79 Å². The summed E-state index contributed by atoms with van der Waals surface area (Å²) in [6.07, 6.45) is 0. The van der Waals surface area contributed by atoms with Crippen molar-refractivity contribution in [2.45, 2.75) is 0 Å². The molecule has 2 nitrogen and oxygen atoms in total. The summed E-state index contributed by atoms with van der Waals surface area (Å²) in [7, 11) is 8.50. The van der Waals surface area contributed by atoms with Crippen molar-refractivity contribution in [2.75, 3.05) is 28.2 Å². The van der Waals surface area contributed by atoms with Gasteiger partial charge in [-0.05, 0) is 0 Å². The number of quaternary nitrogens is 1. The highest BCUT2D eigenvalue weighted by Gasteiger charge is 1.88. The molecule has 0 aromatic heterocycles. The Hall–Kier alpha value is -0.0200. The largest absolute Gasteiger partial charge is 0.333 e. The van der Waals surface area contributed by atoms with Gasteiger partial charge < -0.3 is 4.48 Å². The smallest absolute Gasteiger partial charge is 0.173 e. The maximum atomic E-state index is 8.67. The molecular formula is C5H14NOS+. The van der Waals surface area contributed by atoms with Crippen LogP contribution in [0, 0.1) is 0 Å². The zero-order valence-corrected chi connectivity index (χ0v) is 6.77. The molecule has 3 heteroatoms. The van der Waals surface area contributed by atoms with Crippen molar-refractivity contribution >= 4 is 18.2 Å². The van der Waals surface area contributed by atoms with Crippen molar-refractivity contribution in [1.82, 2.24) is 0 Å². The molecule has 50 valence electrons. The molecule has 0 rings (SSSR count). The molecule has 8 heavy (non-hydrogen) atoms. The van der Waals surface area contributed by atoms with Crippen LogP contribution in [0.4, 0.5) is 0 Å². The Morgan fingerprint density at radius 1 is 1.25 bits per heavy atom. The van der Waals surface area contributed by atoms with Gasteiger partial charge in [-0.15, -0.1) is 12.6 Å². The van der Waals surface area contributed by atoms with Crippen molar-refractivity contribution in [3.8, 4) is 0 Å². The Bertz CT molecular complexity index is 51.9. The van der Waals surface area contributed by atoms with Crippen LogP contribution in [0.1, 0.15) is 0 Å². The van der Waals surface area contributed by atoms with Crippen LogP contribution in [-0.4, -0.2) is 38.3 Å². The molecule has 0 heterocycles. The van der Waals surface area contributed by atoms with E-state index in [1.54, 1.807) is 0 Å². The second-order valence-corrected chi connectivity index (χ2v) is 3.00. The molecule has 0 aliphatic heterocycles. The first-order valence-electron chi connectivity index (χ1n) is 2.28. The number of hydrogen-bond donors (Lipinski definition) is 1. The minimum absolute atomic E-state index is 0.444. The quantitative estimate of drug-likeness (QED) is 0.290. The molecule has 0 amide bonds. The van der Waals surface area contributed by atoms with Crippen LogP contribution in [0.3, 0.4) is 0 Å². The molecule has 0 radical (unpaired) electrons. The molecule has 0 atom stereocenters. The van der Waals surface area contributed by atoms with Crippen molar-refractivity contribution in [1.29, 1.82) is 0 Å². The third-order valence-corrected chi connectivity index (χ3v) is 0. The fraction of sp³-hybridized carbons (Fsp3) is 0.800. The summed E-state index contributed by atoms with van der Waals surface area (Å²) in [6, 6.07) is 0. The molecule has 0 saturated heterocycles. The summed E-state index contributed by atoms with van der Waals surface area (Å²) in [6.45, 7) is 0. The molecule has 0 unspecified atom stereocenters. The van der Waals surface area contributed by atoms with E-state index in [1.165, 1.54) is 0 Å². The fourth-order valence-corrected chi connectivity index (χ4v) is 0. The number of nitrogens with zero attached hydrogens (tertiary/aromatic N) is 1. The molecule has 0 bridgehead atoms. The van der Waals surface area contributed by atoms with E-state index in [0.29, 0.717) is 5.62 Å². The van der Waals surface area contributed by atoms with Gasteiger partial charge in [0.25, 0.3) is 0 Å². The van der Waals surface area contributed by atoms with Gasteiger partial charge in [0.15, 0.2) is 5.62 Å². The van der Waals surface area contributed by atoms with Crippen LogP contribution in [0.2, 0.25) is 0 Å². The van der Waals surface area contributed by atoms with E-state index in [0.717, 1.165) is 4.48 Å². The van der Waals surface area contributed by atoms with Gasteiger partial charge in [0.2, 0.25) is 0 Å². The summed E-state index contributed by atoms with van der Waals surface area (Å²) in [5, 5.41) is 0. The van der Waals surface area contributed by atoms with Crippen molar-refractivity contribution < 1.29 is 9.28 Å². The highest BCUT2D eigenvalue weighted by molar-refractivity contribution is 7.94. The average Bonchev–Trinajstić information content (AvgIpc) is 1.27. The van der Waals surface area contributed by atoms with Crippen molar-refractivity contribution in [2.24, 2.45) is 0 Å². The van der Waals surface area contributed by atoms with E-state index in [2.05, 4.69) is 40.8 Å². The molecule has 0 aliphatic rings. The SMILES string of the molecule is C[N+](C)(C)C.O=CS. The lowest BCUT2D eigenvalue weighted by atomic mass is 10.8. The van der Waals surface area contributed by atoms with E-state index in [9.17, 15) is 0 Å². The Kier molecular flexibility index (Phi) is 6.96. The maximum absolute atomic E-state index is 8.67. The highest BCUT2D eigenvalue weighted by Crippen LogP contribution is 1.73. The van der Waals surface area contributed by atoms with Gasteiger partial charge >= 0.3 is 0 Å². The lowest BCUT2D eigenvalue weighted by Crippen LogP contribution is -2.27. The van der Waals surface area contributed by atoms with Crippen LogP contribution in [0.15, 0.2) is 0 Å². The number of hydrogen-bond acceptors (Lipinski definition) is 1. The predicted molar refractivity (Wildman–Crippen MR) is 39.7 cm³/mol. The summed E-state index contributed by atoms with van der Waals surface area (Å²) < 4.78 is 1.00. The minimum atomic E-state index is 0.444. The van der Waals surface area contributed by atoms with Crippen LogP contribution < -0.4 is 0 Å². The second-order valence-electron chi connectivity index (χ2n) is 2.79. The molecule has 0 aliphatic carbocycles. The van der Waals surface area contributed by atoms with Gasteiger partial charge in [-0.2, -0.15) is 0 Å². The first kappa shape index (κ1) is 10.9. The van der Waals surface area contributed by atoms with E-state index in [4.69, 9.17) is 4.79 Å². The van der Waals surface area contributed by atoms with Crippen LogP contribution in [0.25, 0.3) is 0 Å². The number of rotatable bonds is 0. The topological polar surface area (TPSA) is 17.1 Å². The first-order chi connectivity index (χ1) is 3.41. The Morgan fingerprint density at radius 3 is 1.25 bits per heavy atom. The molecule has 0 fully saturated rings. The van der Waals surface area contributed by atoms with E-state index < -0.39 is 0 Å². The lowest BCUT2D eigenvalue weighted by molar-refractivity contribution is -0.849. The molecule has 0 saturated carbocycles. The standard InChI is InChI=1S/C4H12N.CH2OS/c1-5(2,3)4;2-1-3/h1-4H3;1H,(H,2,3)/q+1;. The first-order valence-corrected chi connectivity index (χ1v) is 2.80. The third-order valence-electron chi connectivity index (χ3n) is 0. The molecule has 0 spiro atoms. The van der Waals surface area contributed by atoms with Gasteiger partial charge in [-0.1, -0.05) is 0 Å². The van der Waals surface area contributed by atoms with Gasteiger partial charge in [0.1, 0.15) is 0 Å². The zero-order chi connectivity index (χ0) is 7.21. The fourth-order valence-electron chi connectivity index (χ4n) is 0. The van der Waals surface area contributed by atoms with E-state index in [-0.39, 0.29) is 0 Å². The second kappa shape index (κ2) is 5.12. The summed E-state index contributed by atoms with van der Waals surface area (Å²) >= 11 is 3.11. The van der Waals surface area contributed by atoms with Crippen molar-refractivity contribution in [3.05, 3.63) is 0 Å². The molecule has 0 aromatic carbocycles. The van der Waals surface area contributed by atoms with E-state index in [1.807, 2.05) is 0 Å². The van der Waals surface area contributed by atoms with Crippen molar-refractivity contribution in [3.63, 3.8) is 0 Å². The average molecular weight is 136 g/mol. The predicted octanol–water partition coefficient (Wildman–Crippen LogP) is 0.429. The monoisotopic (exact) mass is 136 g/mol. The Morgan fingerprint density at radius 2 is 1.25 bits per heavy atom. The van der Waals surface area contributed by atoms with Gasteiger partial charge in [0.05, 0.1) is 28.2 Å². The number of carbonyl (C=O) groups is 1. The van der Waals surface area contributed by atoms with E-state index >= 15 is 0 Å². The Labute approximate surface area is 56.5 Å².